The molecule has 3 rings (SSSR count). The zero-order valence-electron chi connectivity index (χ0n) is 19.4. The molecule has 1 aromatic heterocycles. The number of carbonyl (C=O) groups excluding carboxylic acids is 2. The molecule has 38 heavy (non-hydrogen) atoms. The van der Waals surface area contributed by atoms with Gasteiger partial charge < -0.3 is 15.5 Å². The zero-order valence-corrected chi connectivity index (χ0v) is 19.4. The number of nitrogens with one attached hydrogen (secondary N) is 2. The van der Waals surface area contributed by atoms with Crippen molar-refractivity contribution in [2.75, 3.05) is 11.9 Å². The summed E-state index contributed by atoms with van der Waals surface area (Å²) < 4.78 is 120. The van der Waals surface area contributed by atoms with Crippen molar-refractivity contribution in [2.24, 2.45) is 12.2 Å². The SMILES string of the molecule is Cc1ccc(C2=NOC(c3cn(C)nc3C(F)(F)F)(C(F)(F)F)C2)cc1NC(=O)CC(=O)NCC(F)(F)F. The summed E-state index contributed by atoms with van der Waals surface area (Å²) in [6.45, 7) is -0.178. The molecule has 1 aliphatic rings. The van der Waals surface area contributed by atoms with Crippen molar-refractivity contribution in [3.8, 4) is 0 Å². The van der Waals surface area contributed by atoms with E-state index in [-0.39, 0.29) is 11.3 Å². The molecule has 0 fully saturated rings. The Balaban J connectivity index is 1.85. The number of anilines is 1. The number of oxime groups is 1. The van der Waals surface area contributed by atoms with Gasteiger partial charge in [0.2, 0.25) is 11.8 Å². The van der Waals surface area contributed by atoms with Crippen molar-refractivity contribution < 1.29 is 53.9 Å². The van der Waals surface area contributed by atoms with Gasteiger partial charge in [0.05, 0.1) is 17.7 Å². The monoisotopic (exact) mass is 559 g/mol. The molecule has 2 aromatic rings. The Kier molecular flexibility index (Phi) is 7.44. The molecule has 1 atom stereocenters. The number of aromatic nitrogens is 2. The molecule has 2 heterocycles. The first-order valence-electron chi connectivity index (χ1n) is 10.5. The van der Waals surface area contributed by atoms with Gasteiger partial charge in [-0.05, 0) is 18.6 Å². The number of alkyl halides is 9. The van der Waals surface area contributed by atoms with Crippen LogP contribution < -0.4 is 10.6 Å². The first-order chi connectivity index (χ1) is 17.3. The molecule has 2 amide bonds. The normalized spacial score (nSPS) is 18.1. The number of hydrogen-bond acceptors (Lipinski definition) is 5. The van der Waals surface area contributed by atoms with Gasteiger partial charge in [-0.3, -0.25) is 14.3 Å². The fraction of sp³-hybridized carbons (Fsp3) is 0.429. The lowest BCUT2D eigenvalue weighted by Crippen LogP contribution is -2.43. The van der Waals surface area contributed by atoms with Crippen LogP contribution in [0, 0.1) is 6.92 Å². The summed E-state index contributed by atoms with van der Waals surface area (Å²) in [5.74, 6) is -2.25. The minimum Gasteiger partial charge on any atom is -0.374 e. The van der Waals surface area contributed by atoms with E-state index in [1.165, 1.54) is 24.4 Å². The Morgan fingerprint density at radius 2 is 1.74 bits per heavy atom. The van der Waals surface area contributed by atoms with E-state index in [1.807, 2.05) is 0 Å². The molecule has 2 N–H and O–H groups in total. The van der Waals surface area contributed by atoms with Crippen molar-refractivity contribution in [2.45, 2.75) is 43.9 Å². The average molecular weight is 559 g/mol. The molecule has 0 saturated heterocycles. The first kappa shape index (κ1) is 28.8. The quantitative estimate of drug-likeness (QED) is 0.407. The van der Waals surface area contributed by atoms with Gasteiger partial charge in [0, 0.05) is 24.5 Å². The zero-order chi connectivity index (χ0) is 28.7. The van der Waals surface area contributed by atoms with Crippen LogP contribution in [-0.2, 0) is 33.3 Å². The fourth-order valence-corrected chi connectivity index (χ4v) is 3.57. The summed E-state index contributed by atoms with van der Waals surface area (Å²) in [4.78, 5) is 28.3. The average Bonchev–Trinajstić information content (AvgIpc) is 3.38. The van der Waals surface area contributed by atoms with Gasteiger partial charge in [-0.1, -0.05) is 17.3 Å². The van der Waals surface area contributed by atoms with Crippen molar-refractivity contribution in [3.05, 3.63) is 46.8 Å². The molecule has 0 saturated carbocycles. The van der Waals surface area contributed by atoms with Crippen molar-refractivity contribution in [1.82, 2.24) is 15.1 Å². The lowest BCUT2D eigenvalue weighted by molar-refractivity contribution is -0.277. The van der Waals surface area contributed by atoms with E-state index in [2.05, 4.69) is 20.4 Å². The number of benzene rings is 1. The number of hydrogen-bond donors (Lipinski definition) is 2. The molecule has 208 valence electrons. The Hall–Kier alpha value is -3.79. The topological polar surface area (TPSA) is 97.6 Å². The minimum absolute atomic E-state index is 0.0271. The third kappa shape index (κ3) is 6.19. The van der Waals surface area contributed by atoms with Crippen LogP contribution >= 0.6 is 0 Å². The summed E-state index contributed by atoms with van der Waals surface area (Å²) in [5.41, 5.74) is -6.73. The molecular formula is C21H18F9N5O3. The summed E-state index contributed by atoms with van der Waals surface area (Å²) in [5, 5.41) is 10.3. The van der Waals surface area contributed by atoms with Crippen LogP contribution in [0.1, 0.15) is 35.2 Å². The van der Waals surface area contributed by atoms with Crippen LogP contribution in [0.25, 0.3) is 0 Å². The van der Waals surface area contributed by atoms with Gasteiger partial charge in [0.25, 0.3) is 5.60 Å². The van der Waals surface area contributed by atoms with Crippen LogP contribution in [0.4, 0.5) is 45.2 Å². The molecule has 1 aromatic carbocycles. The molecular weight excluding hydrogens is 541 g/mol. The number of halogens is 9. The minimum atomic E-state index is -5.35. The molecule has 0 bridgehead atoms. The van der Waals surface area contributed by atoms with Crippen LogP contribution in [0.2, 0.25) is 0 Å². The summed E-state index contributed by atoms with van der Waals surface area (Å²) in [6, 6.07) is 3.77. The van der Waals surface area contributed by atoms with Gasteiger partial charge in [-0.25, -0.2) is 0 Å². The van der Waals surface area contributed by atoms with Crippen LogP contribution in [-0.4, -0.2) is 46.2 Å². The predicted octanol–water partition coefficient (Wildman–Crippen LogP) is 4.34. The maximum absolute atomic E-state index is 14.2. The van der Waals surface area contributed by atoms with Crippen LogP contribution in [0.3, 0.4) is 0 Å². The van der Waals surface area contributed by atoms with Gasteiger partial charge in [0.15, 0.2) is 5.69 Å². The highest BCUT2D eigenvalue weighted by atomic mass is 19.4. The Labute approximate surface area is 207 Å². The number of aryl methyl sites for hydroxylation is 2. The molecule has 0 spiro atoms. The smallest absolute Gasteiger partial charge is 0.374 e. The van der Waals surface area contributed by atoms with E-state index in [0.29, 0.717) is 16.4 Å². The number of nitrogens with zero attached hydrogens (tertiary/aromatic N) is 3. The second-order valence-corrected chi connectivity index (χ2v) is 8.34. The van der Waals surface area contributed by atoms with Gasteiger partial charge in [0.1, 0.15) is 13.0 Å². The fourth-order valence-electron chi connectivity index (χ4n) is 3.57. The van der Waals surface area contributed by atoms with E-state index in [1.54, 1.807) is 0 Å². The Morgan fingerprint density at radius 3 is 2.32 bits per heavy atom. The molecule has 1 aliphatic heterocycles. The van der Waals surface area contributed by atoms with Gasteiger partial charge >= 0.3 is 18.5 Å². The summed E-state index contributed by atoms with van der Waals surface area (Å²) >= 11 is 0. The standard InChI is InChI=1S/C21H18F9N5O3/c1-10-3-4-11(5-13(10)32-16(37)6-15(36)31-9-19(22,23)24)14-7-18(38-34-14,21(28,29)30)12-8-35(2)33-17(12)20(25,26)27/h3-5,8H,6-7,9H2,1-2H3,(H,31,36)(H,32,37). The van der Waals surface area contributed by atoms with Crippen LogP contribution in [0.5, 0.6) is 0 Å². The third-order valence-corrected chi connectivity index (χ3v) is 5.37. The van der Waals surface area contributed by atoms with E-state index in [9.17, 15) is 49.1 Å². The maximum atomic E-state index is 14.2. The second-order valence-electron chi connectivity index (χ2n) is 8.34. The third-order valence-electron chi connectivity index (χ3n) is 5.37. The van der Waals surface area contributed by atoms with Crippen LogP contribution in [0.15, 0.2) is 29.6 Å². The van der Waals surface area contributed by atoms with E-state index in [0.717, 1.165) is 13.1 Å². The van der Waals surface area contributed by atoms with E-state index in [4.69, 9.17) is 0 Å². The van der Waals surface area contributed by atoms with E-state index < -0.39 is 72.3 Å². The predicted molar refractivity (Wildman–Crippen MR) is 112 cm³/mol. The summed E-state index contributed by atoms with van der Waals surface area (Å²) in [6.07, 6.45) is -16.9. The first-order valence-corrected chi connectivity index (χ1v) is 10.5. The summed E-state index contributed by atoms with van der Waals surface area (Å²) in [7, 11) is 1.01. The Morgan fingerprint density at radius 1 is 1.08 bits per heavy atom. The van der Waals surface area contributed by atoms with Gasteiger partial charge in [-0.15, -0.1) is 0 Å². The van der Waals surface area contributed by atoms with Crippen molar-refractivity contribution >= 4 is 23.2 Å². The highest BCUT2D eigenvalue weighted by Gasteiger charge is 2.65. The number of amides is 2. The molecule has 0 radical (unpaired) electrons. The maximum Gasteiger partial charge on any atom is 0.435 e. The highest BCUT2D eigenvalue weighted by Crippen LogP contribution is 2.51. The Bertz CT molecular complexity index is 1260. The number of rotatable bonds is 6. The molecule has 1 unspecified atom stereocenters. The lowest BCUT2D eigenvalue weighted by Gasteiger charge is -2.29. The van der Waals surface area contributed by atoms with Crippen molar-refractivity contribution in [3.63, 3.8) is 0 Å². The second kappa shape index (κ2) is 9.83. The van der Waals surface area contributed by atoms with Crippen molar-refractivity contribution in [1.29, 1.82) is 0 Å². The number of carbonyl (C=O) groups is 2. The highest BCUT2D eigenvalue weighted by molar-refractivity contribution is 6.06. The molecule has 17 heteroatoms. The molecule has 8 nitrogen and oxygen atoms in total. The largest absolute Gasteiger partial charge is 0.435 e. The van der Waals surface area contributed by atoms with Gasteiger partial charge in [-0.2, -0.15) is 44.6 Å². The lowest BCUT2D eigenvalue weighted by atomic mass is 9.86. The van der Waals surface area contributed by atoms with E-state index >= 15 is 0 Å². The molecule has 0 aliphatic carbocycles.